The summed E-state index contributed by atoms with van der Waals surface area (Å²) in [4.78, 5) is 14.2. The predicted octanol–water partition coefficient (Wildman–Crippen LogP) is 2.94. The zero-order valence-electron chi connectivity index (χ0n) is 15.0. The second-order valence-electron chi connectivity index (χ2n) is 6.25. The fraction of sp³-hybridized carbons (Fsp3) is 0.350. The van der Waals surface area contributed by atoms with Crippen LogP contribution in [0.1, 0.15) is 6.42 Å². The van der Waals surface area contributed by atoms with E-state index in [-0.39, 0.29) is 12.1 Å². The van der Waals surface area contributed by atoms with E-state index >= 15 is 0 Å². The average molecular weight is 355 g/mol. The molecule has 0 saturated carbocycles. The highest BCUT2D eigenvalue weighted by atomic mass is 16.5. The number of benzene rings is 2. The van der Waals surface area contributed by atoms with Gasteiger partial charge in [-0.2, -0.15) is 0 Å². The number of rotatable bonds is 5. The smallest absolute Gasteiger partial charge is 0.322 e. The van der Waals surface area contributed by atoms with Gasteiger partial charge in [0.15, 0.2) is 0 Å². The quantitative estimate of drug-likeness (QED) is 0.864. The Morgan fingerprint density at radius 1 is 1.19 bits per heavy atom. The summed E-state index contributed by atoms with van der Waals surface area (Å²) >= 11 is 0. The van der Waals surface area contributed by atoms with Crippen LogP contribution in [0.2, 0.25) is 0 Å². The van der Waals surface area contributed by atoms with Crippen LogP contribution in [0.5, 0.6) is 5.75 Å². The summed E-state index contributed by atoms with van der Waals surface area (Å²) in [5, 5.41) is 2.95. The van der Waals surface area contributed by atoms with Crippen LogP contribution in [0, 0.1) is 0 Å². The van der Waals surface area contributed by atoms with Crippen LogP contribution in [-0.4, -0.2) is 50.4 Å². The molecular weight excluding hydrogens is 330 g/mol. The number of morpholine rings is 1. The molecule has 1 aliphatic heterocycles. The van der Waals surface area contributed by atoms with E-state index in [4.69, 9.17) is 15.2 Å². The Kier molecular flexibility index (Phi) is 6.09. The van der Waals surface area contributed by atoms with Gasteiger partial charge in [0.1, 0.15) is 5.75 Å². The first-order valence-corrected chi connectivity index (χ1v) is 8.81. The maximum absolute atomic E-state index is 12.5. The highest BCUT2D eigenvalue weighted by Gasteiger charge is 2.23. The zero-order chi connectivity index (χ0) is 18.4. The molecule has 2 aromatic carbocycles. The van der Waals surface area contributed by atoms with Gasteiger partial charge in [-0.3, -0.25) is 0 Å². The standard InChI is InChI=1S/C20H25N3O3/c1-25-18-8-4-16(5-9-18)15-2-6-17(7-3-15)22-20(24)23-12-13-26-19(14-23)10-11-21/h2-9,19H,10-14,21H2,1H3,(H,22,24). The van der Waals surface area contributed by atoms with Crippen molar-refractivity contribution in [2.75, 3.05) is 38.7 Å². The molecule has 3 rings (SSSR count). The van der Waals surface area contributed by atoms with Gasteiger partial charge in [0.05, 0.1) is 19.8 Å². The molecule has 0 aliphatic carbocycles. The molecule has 6 nitrogen and oxygen atoms in total. The van der Waals surface area contributed by atoms with Crippen LogP contribution in [0.3, 0.4) is 0 Å². The minimum atomic E-state index is -0.104. The lowest BCUT2D eigenvalue weighted by Gasteiger charge is -2.32. The minimum Gasteiger partial charge on any atom is -0.497 e. The monoisotopic (exact) mass is 355 g/mol. The number of hydrogen-bond acceptors (Lipinski definition) is 4. The second kappa shape index (κ2) is 8.69. The van der Waals surface area contributed by atoms with Crippen molar-refractivity contribution in [2.45, 2.75) is 12.5 Å². The van der Waals surface area contributed by atoms with Crippen LogP contribution in [0.25, 0.3) is 11.1 Å². The Labute approximate surface area is 153 Å². The first-order valence-electron chi connectivity index (χ1n) is 8.81. The SMILES string of the molecule is COc1ccc(-c2ccc(NC(=O)N3CCOC(CCN)C3)cc2)cc1. The second-order valence-corrected chi connectivity index (χ2v) is 6.25. The summed E-state index contributed by atoms with van der Waals surface area (Å²) in [5.74, 6) is 0.830. The molecule has 26 heavy (non-hydrogen) atoms. The summed E-state index contributed by atoms with van der Waals surface area (Å²) in [6.07, 6.45) is 0.789. The molecule has 1 heterocycles. The molecule has 2 amide bonds. The maximum atomic E-state index is 12.5. The number of hydrogen-bond donors (Lipinski definition) is 2. The van der Waals surface area contributed by atoms with Gasteiger partial charge in [-0.1, -0.05) is 24.3 Å². The molecule has 1 atom stereocenters. The minimum absolute atomic E-state index is 0.0250. The van der Waals surface area contributed by atoms with E-state index in [1.807, 2.05) is 48.5 Å². The normalized spacial score (nSPS) is 17.0. The molecule has 0 bridgehead atoms. The fourth-order valence-corrected chi connectivity index (χ4v) is 3.00. The van der Waals surface area contributed by atoms with Crippen LogP contribution >= 0.6 is 0 Å². The van der Waals surface area contributed by atoms with E-state index in [0.29, 0.717) is 26.2 Å². The fourth-order valence-electron chi connectivity index (χ4n) is 3.00. The van der Waals surface area contributed by atoms with Crippen molar-refractivity contribution in [2.24, 2.45) is 5.73 Å². The highest BCUT2D eigenvalue weighted by molar-refractivity contribution is 5.89. The molecule has 1 aliphatic rings. The molecule has 0 spiro atoms. The number of amides is 2. The molecule has 1 fully saturated rings. The van der Waals surface area contributed by atoms with E-state index < -0.39 is 0 Å². The number of ether oxygens (including phenoxy) is 2. The van der Waals surface area contributed by atoms with Gasteiger partial charge in [-0.05, 0) is 48.4 Å². The number of urea groups is 1. The Morgan fingerprint density at radius 2 is 1.85 bits per heavy atom. The molecular formula is C20H25N3O3. The Balaban J connectivity index is 1.60. The summed E-state index contributed by atoms with van der Waals surface area (Å²) in [6, 6.07) is 15.6. The van der Waals surface area contributed by atoms with E-state index in [1.165, 1.54) is 0 Å². The van der Waals surface area contributed by atoms with Crippen molar-refractivity contribution >= 4 is 11.7 Å². The molecule has 0 radical (unpaired) electrons. The number of anilines is 1. The van der Waals surface area contributed by atoms with Crippen molar-refractivity contribution < 1.29 is 14.3 Å². The summed E-state index contributed by atoms with van der Waals surface area (Å²) in [7, 11) is 1.65. The number of carbonyl (C=O) groups is 1. The van der Waals surface area contributed by atoms with E-state index in [0.717, 1.165) is 29.0 Å². The van der Waals surface area contributed by atoms with Crippen molar-refractivity contribution in [1.29, 1.82) is 0 Å². The highest BCUT2D eigenvalue weighted by Crippen LogP contribution is 2.24. The largest absolute Gasteiger partial charge is 0.497 e. The molecule has 3 N–H and O–H groups in total. The number of methoxy groups -OCH3 is 1. The third-order valence-corrected chi connectivity index (χ3v) is 4.47. The van der Waals surface area contributed by atoms with Crippen LogP contribution in [-0.2, 0) is 4.74 Å². The summed E-state index contributed by atoms with van der Waals surface area (Å²) in [5.41, 5.74) is 8.53. The number of nitrogens with one attached hydrogen (secondary N) is 1. The van der Waals surface area contributed by atoms with E-state index in [9.17, 15) is 4.79 Å². The van der Waals surface area contributed by atoms with E-state index in [1.54, 1.807) is 12.0 Å². The van der Waals surface area contributed by atoms with Crippen LogP contribution < -0.4 is 15.8 Å². The molecule has 1 saturated heterocycles. The third-order valence-electron chi connectivity index (χ3n) is 4.47. The predicted molar refractivity (Wildman–Crippen MR) is 102 cm³/mol. The van der Waals surface area contributed by atoms with Gasteiger partial charge in [0, 0.05) is 18.8 Å². The third kappa shape index (κ3) is 4.53. The first kappa shape index (κ1) is 18.2. The molecule has 6 heteroatoms. The number of nitrogens with two attached hydrogens (primary N) is 1. The molecule has 0 aromatic heterocycles. The summed E-state index contributed by atoms with van der Waals surface area (Å²) in [6.45, 7) is 2.28. The zero-order valence-corrected chi connectivity index (χ0v) is 15.0. The number of carbonyl (C=O) groups excluding carboxylic acids is 1. The van der Waals surface area contributed by atoms with Crippen molar-refractivity contribution in [1.82, 2.24) is 4.90 Å². The Morgan fingerprint density at radius 3 is 2.46 bits per heavy atom. The van der Waals surface area contributed by atoms with Gasteiger partial charge in [-0.15, -0.1) is 0 Å². The van der Waals surface area contributed by atoms with Crippen LogP contribution in [0.4, 0.5) is 10.5 Å². The molecule has 2 aromatic rings. The Hall–Kier alpha value is -2.57. The maximum Gasteiger partial charge on any atom is 0.322 e. The van der Waals surface area contributed by atoms with Gasteiger partial charge < -0.3 is 25.4 Å². The van der Waals surface area contributed by atoms with Gasteiger partial charge in [-0.25, -0.2) is 4.79 Å². The van der Waals surface area contributed by atoms with Crippen molar-refractivity contribution in [3.05, 3.63) is 48.5 Å². The average Bonchev–Trinajstić information content (AvgIpc) is 2.69. The van der Waals surface area contributed by atoms with Gasteiger partial charge >= 0.3 is 6.03 Å². The topological polar surface area (TPSA) is 76.8 Å². The van der Waals surface area contributed by atoms with Crippen molar-refractivity contribution in [3.8, 4) is 16.9 Å². The van der Waals surface area contributed by atoms with Gasteiger partial charge in [0.2, 0.25) is 0 Å². The van der Waals surface area contributed by atoms with Crippen LogP contribution in [0.15, 0.2) is 48.5 Å². The lowest BCUT2D eigenvalue weighted by Crippen LogP contribution is -2.47. The Bertz CT molecular complexity index is 714. The summed E-state index contributed by atoms with van der Waals surface area (Å²) < 4.78 is 10.8. The van der Waals surface area contributed by atoms with E-state index in [2.05, 4.69) is 5.32 Å². The van der Waals surface area contributed by atoms with Gasteiger partial charge in [0.25, 0.3) is 0 Å². The van der Waals surface area contributed by atoms with Crippen molar-refractivity contribution in [3.63, 3.8) is 0 Å². The lowest BCUT2D eigenvalue weighted by atomic mass is 10.1. The molecule has 138 valence electrons. The first-order chi connectivity index (χ1) is 12.7. The number of nitrogens with zero attached hydrogens (tertiary/aromatic N) is 1. The molecule has 1 unspecified atom stereocenters. The lowest BCUT2D eigenvalue weighted by molar-refractivity contribution is -0.0146.